The van der Waals surface area contributed by atoms with Crippen molar-refractivity contribution in [1.82, 2.24) is 14.9 Å². The highest BCUT2D eigenvalue weighted by Crippen LogP contribution is 2.26. The van der Waals surface area contributed by atoms with Crippen molar-refractivity contribution in [2.45, 2.75) is 18.9 Å². The average molecular weight is 335 g/mol. The van der Waals surface area contributed by atoms with Crippen LogP contribution in [0.4, 0.5) is 16.2 Å². The van der Waals surface area contributed by atoms with E-state index >= 15 is 0 Å². The molecule has 0 spiro atoms. The highest BCUT2D eigenvalue weighted by atomic mass is 19.1. The number of rotatable bonds is 2. The lowest BCUT2D eigenvalue weighted by Crippen LogP contribution is -2.43. The summed E-state index contributed by atoms with van der Waals surface area (Å²) in [5.74, 6) is 0.363. The predicted molar refractivity (Wildman–Crippen MR) is 86.5 cm³/mol. The Morgan fingerprint density at radius 3 is 2.79 bits per heavy atom. The van der Waals surface area contributed by atoms with Gasteiger partial charge < -0.3 is 19.4 Å². The van der Waals surface area contributed by atoms with E-state index in [-0.39, 0.29) is 23.7 Å². The highest BCUT2D eigenvalue weighted by molar-refractivity contribution is 5.80. The van der Waals surface area contributed by atoms with Crippen molar-refractivity contribution in [2.75, 3.05) is 56.2 Å². The average Bonchev–Trinajstić information content (AvgIpc) is 3.01. The summed E-state index contributed by atoms with van der Waals surface area (Å²) in [5, 5.41) is 0. The summed E-state index contributed by atoms with van der Waals surface area (Å²) < 4.78 is 19.8. The summed E-state index contributed by atoms with van der Waals surface area (Å²) in [6.07, 6.45) is 3.37. The normalized spacial score (nSPS) is 27.6. The van der Waals surface area contributed by atoms with Crippen molar-refractivity contribution in [2.24, 2.45) is 5.92 Å². The molecule has 0 unspecified atom stereocenters. The van der Waals surface area contributed by atoms with Crippen LogP contribution in [0.1, 0.15) is 12.8 Å². The molecule has 1 aromatic rings. The van der Waals surface area contributed by atoms with Crippen molar-refractivity contribution in [3.63, 3.8) is 0 Å². The van der Waals surface area contributed by atoms with E-state index in [0.29, 0.717) is 38.1 Å². The third kappa shape index (κ3) is 2.68. The molecule has 8 heteroatoms. The Bertz CT molecular complexity index is 637. The number of aromatic nitrogens is 2. The molecule has 1 amide bonds. The standard InChI is InChI=1S/C16H22FN5O2/c1-20-12-8-22(7-11(15(20)23)9-24-10-12)16-18-6-13(17)14(19-16)21-4-2-3-5-21/h6,11-12H,2-5,7-10H2,1H3/t11-,12+/m1/s1. The van der Waals surface area contributed by atoms with Gasteiger partial charge in [-0.05, 0) is 12.8 Å². The van der Waals surface area contributed by atoms with Crippen molar-refractivity contribution in [3.8, 4) is 0 Å². The van der Waals surface area contributed by atoms with Crippen LogP contribution in [0, 0.1) is 11.7 Å². The van der Waals surface area contributed by atoms with E-state index in [2.05, 4.69) is 9.97 Å². The van der Waals surface area contributed by atoms with E-state index in [9.17, 15) is 9.18 Å². The Morgan fingerprint density at radius 2 is 2.00 bits per heavy atom. The van der Waals surface area contributed by atoms with Crippen LogP contribution < -0.4 is 9.80 Å². The third-order valence-corrected chi connectivity index (χ3v) is 5.15. The van der Waals surface area contributed by atoms with E-state index in [0.717, 1.165) is 25.9 Å². The second kappa shape index (κ2) is 6.16. The van der Waals surface area contributed by atoms with E-state index in [1.807, 2.05) is 16.8 Å². The van der Waals surface area contributed by atoms with Gasteiger partial charge in [-0.15, -0.1) is 0 Å². The molecule has 3 aliphatic heterocycles. The largest absolute Gasteiger partial charge is 0.378 e. The van der Waals surface area contributed by atoms with Gasteiger partial charge in [-0.1, -0.05) is 0 Å². The Balaban J connectivity index is 1.63. The van der Waals surface area contributed by atoms with Crippen molar-refractivity contribution < 1.29 is 13.9 Å². The molecule has 130 valence electrons. The van der Waals surface area contributed by atoms with Crippen molar-refractivity contribution in [1.29, 1.82) is 0 Å². The quantitative estimate of drug-likeness (QED) is 0.785. The van der Waals surface area contributed by atoms with E-state index in [1.165, 1.54) is 6.20 Å². The molecule has 24 heavy (non-hydrogen) atoms. The van der Waals surface area contributed by atoms with Gasteiger partial charge in [0.25, 0.3) is 0 Å². The fraction of sp³-hybridized carbons (Fsp3) is 0.688. The zero-order valence-corrected chi connectivity index (χ0v) is 13.8. The van der Waals surface area contributed by atoms with Gasteiger partial charge in [-0.25, -0.2) is 9.37 Å². The second-order valence-corrected chi connectivity index (χ2v) is 6.78. The topological polar surface area (TPSA) is 61.8 Å². The minimum atomic E-state index is -0.382. The molecule has 2 atom stereocenters. The first-order valence-corrected chi connectivity index (χ1v) is 8.50. The van der Waals surface area contributed by atoms with Crippen LogP contribution in [0.3, 0.4) is 0 Å². The number of amides is 1. The number of likely N-dealkylation sites (N-methyl/N-ethyl adjacent to an activating group) is 1. The molecule has 0 aliphatic carbocycles. The Labute approximate surface area is 140 Å². The molecule has 1 aromatic heterocycles. The number of nitrogens with zero attached hydrogens (tertiary/aromatic N) is 5. The Kier molecular flexibility index (Phi) is 3.99. The highest BCUT2D eigenvalue weighted by Gasteiger charge is 2.38. The zero-order valence-electron chi connectivity index (χ0n) is 13.8. The monoisotopic (exact) mass is 335 g/mol. The maximum Gasteiger partial charge on any atom is 0.229 e. The van der Waals surface area contributed by atoms with Gasteiger partial charge in [0.15, 0.2) is 11.6 Å². The summed E-state index contributed by atoms with van der Waals surface area (Å²) in [6.45, 7) is 3.68. The lowest BCUT2D eigenvalue weighted by molar-refractivity contribution is -0.133. The summed E-state index contributed by atoms with van der Waals surface area (Å²) in [6, 6.07) is -0.0334. The van der Waals surface area contributed by atoms with Gasteiger partial charge in [0.2, 0.25) is 11.9 Å². The first-order chi connectivity index (χ1) is 11.6. The second-order valence-electron chi connectivity index (χ2n) is 6.78. The van der Waals surface area contributed by atoms with Crippen LogP contribution in [0.2, 0.25) is 0 Å². The number of anilines is 2. The van der Waals surface area contributed by atoms with Crippen molar-refractivity contribution >= 4 is 17.7 Å². The maximum absolute atomic E-state index is 14.2. The number of carbonyl (C=O) groups excluding carboxylic acids is 1. The third-order valence-electron chi connectivity index (χ3n) is 5.15. The molecule has 0 aromatic carbocycles. The zero-order chi connectivity index (χ0) is 16.7. The minimum Gasteiger partial charge on any atom is -0.378 e. The number of fused-ring (bicyclic) bond motifs is 3. The van der Waals surface area contributed by atoms with E-state index < -0.39 is 0 Å². The van der Waals surface area contributed by atoms with Gasteiger partial charge in [-0.2, -0.15) is 4.98 Å². The van der Waals surface area contributed by atoms with Crippen LogP contribution in [0.5, 0.6) is 0 Å². The summed E-state index contributed by atoms with van der Waals surface area (Å²) in [5.41, 5.74) is 0. The molecule has 3 aliphatic rings. The van der Waals surface area contributed by atoms with E-state index in [4.69, 9.17) is 4.74 Å². The van der Waals surface area contributed by atoms with Crippen molar-refractivity contribution in [3.05, 3.63) is 12.0 Å². The first kappa shape index (κ1) is 15.6. The molecule has 7 nitrogen and oxygen atoms in total. The van der Waals surface area contributed by atoms with Crippen LogP contribution in [-0.2, 0) is 9.53 Å². The molecule has 2 bridgehead atoms. The van der Waals surface area contributed by atoms with Gasteiger partial charge in [0.1, 0.15) is 0 Å². The van der Waals surface area contributed by atoms with Crippen LogP contribution in [-0.4, -0.2) is 73.3 Å². The van der Waals surface area contributed by atoms with Crippen LogP contribution >= 0.6 is 0 Å². The Morgan fingerprint density at radius 1 is 1.21 bits per heavy atom. The molecule has 3 fully saturated rings. The molecular formula is C16H22FN5O2. The molecule has 0 saturated carbocycles. The lowest BCUT2D eigenvalue weighted by Gasteiger charge is -2.30. The molecular weight excluding hydrogens is 313 g/mol. The van der Waals surface area contributed by atoms with Gasteiger partial charge in [0, 0.05) is 33.2 Å². The molecule has 3 saturated heterocycles. The minimum absolute atomic E-state index is 0.0334. The molecule has 0 radical (unpaired) electrons. The fourth-order valence-electron chi connectivity index (χ4n) is 3.71. The number of hydrogen-bond acceptors (Lipinski definition) is 6. The number of halogens is 1. The van der Waals surface area contributed by atoms with Crippen LogP contribution in [0.25, 0.3) is 0 Å². The summed E-state index contributed by atoms with van der Waals surface area (Å²) >= 11 is 0. The predicted octanol–water partition coefficient (Wildman–Crippen LogP) is 0.509. The molecule has 0 N–H and O–H groups in total. The molecule has 4 rings (SSSR count). The number of carbonyl (C=O) groups is 1. The number of hydrogen-bond donors (Lipinski definition) is 0. The summed E-state index contributed by atoms with van der Waals surface area (Å²) in [7, 11) is 1.82. The fourth-order valence-corrected chi connectivity index (χ4v) is 3.71. The van der Waals surface area contributed by atoms with Gasteiger partial charge >= 0.3 is 0 Å². The maximum atomic E-state index is 14.2. The smallest absolute Gasteiger partial charge is 0.229 e. The number of ether oxygens (including phenoxy) is 1. The van der Waals surface area contributed by atoms with Gasteiger partial charge in [0.05, 0.1) is 31.4 Å². The Hall–Kier alpha value is -1.96. The lowest BCUT2D eigenvalue weighted by atomic mass is 10.1. The van der Waals surface area contributed by atoms with Gasteiger partial charge in [-0.3, -0.25) is 4.79 Å². The summed E-state index contributed by atoms with van der Waals surface area (Å²) in [4.78, 5) is 26.9. The SMILES string of the molecule is CN1C(=O)[C@H]2COC[C@@H]1CN(c1ncc(F)c(N3CCCC3)n1)C2. The first-order valence-electron chi connectivity index (χ1n) is 8.50. The molecule has 4 heterocycles. The van der Waals surface area contributed by atoms with E-state index in [1.54, 1.807) is 4.90 Å². The van der Waals surface area contributed by atoms with Crippen LogP contribution in [0.15, 0.2) is 6.20 Å².